The van der Waals surface area contributed by atoms with E-state index in [4.69, 9.17) is 0 Å². The molecule has 0 aliphatic carbocycles. The summed E-state index contributed by atoms with van der Waals surface area (Å²) in [5.41, 5.74) is 0.966. The molecule has 6 heteroatoms. The number of hydrogen-bond acceptors (Lipinski definition) is 3. The van der Waals surface area contributed by atoms with E-state index in [9.17, 15) is 13.6 Å². The van der Waals surface area contributed by atoms with E-state index in [1.807, 2.05) is 0 Å². The van der Waals surface area contributed by atoms with Crippen molar-refractivity contribution >= 4 is 5.91 Å². The number of carbonyl (C=O) groups is 1. The van der Waals surface area contributed by atoms with E-state index < -0.39 is 6.61 Å². The Balaban J connectivity index is 1.71. The number of ether oxygens (including phenoxy) is 1. The van der Waals surface area contributed by atoms with Gasteiger partial charge in [0.1, 0.15) is 5.75 Å². The topological polar surface area (TPSA) is 50.4 Å². The Morgan fingerprint density at radius 2 is 2.10 bits per heavy atom. The van der Waals surface area contributed by atoms with Gasteiger partial charge in [-0.3, -0.25) is 4.79 Å². The van der Waals surface area contributed by atoms with Crippen molar-refractivity contribution in [1.29, 1.82) is 0 Å². The Hall–Kier alpha value is -1.69. The predicted octanol–water partition coefficient (Wildman–Crippen LogP) is 2.09. The fourth-order valence-electron chi connectivity index (χ4n) is 2.37. The lowest BCUT2D eigenvalue weighted by atomic mass is 10.0. The average Bonchev–Trinajstić information content (AvgIpc) is 2.49. The molecule has 21 heavy (non-hydrogen) atoms. The molecule has 0 bridgehead atoms. The van der Waals surface area contributed by atoms with Crippen molar-refractivity contribution in [1.82, 2.24) is 10.6 Å². The second kappa shape index (κ2) is 7.93. The number of halogens is 2. The number of alkyl halides is 2. The van der Waals surface area contributed by atoms with Gasteiger partial charge in [-0.1, -0.05) is 18.6 Å². The summed E-state index contributed by atoms with van der Waals surface area (Å²) in [5, 5.41) is 6.09. The molecular formula is C15H20F2N2O2. The van der Waals surface area contributed by atoms with Crippen molar-refractivity contribution in [3.8, 4) is 5.75 Å². The molecule has 1 fully saturated rings. The smallest absolute Gasteiger partial charge is 0.387 e. The minimum Gasteiger partial charge on any atom is -0.435 e. The number of carbonyl (C=O) groups excluding carboxylic acids is 1. The first kappa shape index (κ1) is 15.7. The summed E-state index contributed by atoms with van der Waals surface area (Å²) in [4.78, 5) is 11.9. The lowest BCUT2D eigenvalue weighted by molar-refractivity contribution is -0.123. The molecule has 1 saturated heterocycles. The summed E-state index contributed by atoms with van der Waals surface area (Å²) in [5.74, 6) is 0.177. The van der Waals surface area contributed by atoms with Crippen molar-refractivity contribution in [2.24, 2.45) is 0 Å². The van der Waals surface area contributed by atoms with E-state index in [1.54, 1.807) is 12.1 Å². The number of nitrogens with one attached hydrogen (secondary N) is 2. The fourth-order valence-corrected chi connectivity index (χ4v) is 2.37. The molecule has 116 valence electrons. The molecule has 4 nitrogen and oxygen atoms in total. The summed E-state index contributed by atoms with van der Waals surface area (Å²) in [6, 6.07) is 6.38. The van der Waals surface area contributed by atoms with Crippen LogP contribution in [0.15, 0.2) is 24.3 Å². The summed E-state index contributed by atoms with van der Waals surface area (Å²) in [7, 11) is 0. The maximum atomic E-state index is 12.0. The third-order valence-corrected chi connectivity index (χ3v) is 3.49. The summed E-state index contributed by atoms with van der Waals surface area (Å²) in [6.45, 7) is -1.38. The number of benzene rings is 1. The molecule has 1 aromatic rings. The van der Waals surface area contributed by atoms with E-state index in [-0.39, 0.29) is 17.7 Å². The van der Waals surface area contributed by atoms with Crippen LogP contribution < -0.4 is 15.4 Å². The van der Waals surface area contributed by atoms with Crippen LogP contribution in [0, 0.1) is 0 Å². The van der Waals surface area contributed by atoms with Crippen molar-refractivity contribution in [3.63, 3.8) is 0 Å². The molecular weight excluding hydrogens is 278 g/mol. The van der Waals surface area contributed by atoms with Crippen LogP contribution >= 0.6 is 0 Å². The highest BCUT2D eigenvalue weighted by molar-refractivity contribution is 5.81. The molecule has 1 aromatic carbocycles. The molecule has 1 amide bonds. The molecule has 0 aromatic heterocycles. The Kier molecular flexibility index (Phi) is 5.92. The predicted molar refractivity (Wildman–Crippen MR) is 75.4 cm³/mol. The monoisotopic (exact) mass is 298 g/mol. The largest absolute Gasteiger partial charge is 0.435 e. The van der Waals surface area contributed by atoms with Crippen LogP contribution in [-0.2, 0) is 11.2 Å². The van der Waals surface area contributed by atoms with Gasteiger partial charge in [0.05, 0.1) is 6.04 Å². The molecule has 1 aliphatic heterocycles. The Bertz CT molecular complexity index is 445. The van der Waals surface area contributed by atoms with Crippen LogP contribution in [0.4, 0.5) is 8.78 Å². The van der Waals surface area contributed by atoms with Crippen LogP contribution in [0.2, 0.25) is 0 Å². The van der Waals surface area contributed by atoms with Crippen molar-refractivity contribution in [2.45, 2.75) is 38.3 Å². The molecule has 0 unspecified atom stereocenters. The average molecular weight is 298 g/mol. The third kappa shape index (κ3) is 5.30. The highest BCUT2D eigenvalue weighted by atomic mass is 19.3. The maximum absolute atomic E-state index is 12.0. The Labute approximate surface area is 122 Å². The minimum atomic E-state index is -2.81. The Morgan fingerprint density at radius 1 is 1.33 bits per heavy atom. The van der Waals surface area contributed by atoms with Crippen molar-refractivity contribution in [3.05, 3.63) is 29.8 Å². The van der Waals surface area contributed by atoms with Gasteiger partial charge in [-0.2, -0.15) is 8.78 Å². The minimum absolute atomic E-state index is 0.0346. The summed E-state index contributed by atoms with van der Waals surface area (Å²) in [6.07, 6.45) is 3.74. The SMILES string of the molecule is O=C(NCCc1ccc(OC(F)F)cc1)[C@H]1CCCCN1. The number of piperidine rings is 1. The summed E-state index contributed by atoms with van der Waals surface area (Å²) >= 11 is 0. The molecule has 0 spiro atoms. The van der Waals surface area contributed by atoms with E-state index in [0.717, 1.165) is 31.4 Å². The highest BCUT2D eigenvalue weighted by Gasteiger charge is 2.19. The first-order valence-corrected chi connectivity index (χ1v) is 7.20. The van der Waals surface area contributed by atoms with Gasteiger partial charge in [0.2, 0.25) is 5.91 Å². The summed E-state index contributed by atoms with van der Waals surface area (Å²) < 4.78 is 28.3. The fraction of sp³-hybridized carbons (Fsp3) is 0.533. The van der Waals surface area contributed by atoms with Crippen LogP contribution in [0.1, 0.15) is 24.8 Å². The zero-order valence-corrected chi connectivity index (χ0v) is 11.8. The third-order valence-electron chi connectivity index (χ3n) is 3.49. The van der Waals surface area contributed by atoms with Gasteiger partial charge in [-0.25, -0.2) is 0 Å². The second-order valence-electron chi connectivity index (χ2n) is 5.07. The van der Waals surface area contributed by atoms with Gasteiger partial charge in [-0.05, 0) is 43.5 Å². The van der Waals surface area contributed by atoms with Crippen LogP contribution in [0.25, 0.3) is 0 Å². The van der Waals surface area contributed by atoms with Crippen molar-refractivity contribution < 1.29 is 18.3 Å². The molecule has 1 atom stereocenters. The normalized spacial score (nSPS) is 18.5. The molecule has 2 rings (SSSR count). The lowest BCUT2D eigenvalue weighted by Gasteiger charge is -2.22. The molecule has 0 saturated carbocycles. The second-order valence-corrected chi connectivity index (χ2v) is 5.07. The first-order chi connectivity index (χ1) is 10.1. The van der Waals surface area contributed by atoms with Crippen LogP contribution in [0.3, 0.4) is 0 Å². The van der Waals surface area contributed by atoms with Gasteiger partial charge in [0, 0.05) is 6.54 Å². The molecule has 1 aliphatic rings. The van der Waals surface area contributed by atoms with Gasteiger partial charge in [0.25, 0.3) is 0 Å². The van der Waals surface area contributed by atoms with Gasteiger partial charge in [-0.15, -0.1) is 0 Å². The van der Waals surface area contributed by atoms with Gasteiger partial charge < -0.3 is 15.4 Å². The molecule has 2 N–H and O–H groups in total. The zero-order chi connectivity index (χ0) is 15.1. The maximum Gasteiger partial charge on any atom is 0.387 e. The van der Waals surface area contributed by atoms with Crippen molar-refractivity contribution in [2.75, 3.05) is 13.1 Å². The highest BCUT2D eigenvalue weighted by Crippen LogP contribution is 2.15. The van der Waals surface area contributed by atoms with E-state index in [1.165, 1.54) is 12.1 Å². The van der Waals surface area contributed by atoms with E-state index in [2.05, 4.69) is 15.4 Å². The first-order valence-electron chi connectivity index (χ1n) is 7.20. The zero-order valence-electron chi connectivity index (χ0n) is 11.8. The Morgan fingerprint density at radius 3 is 2.71 bits per heavy atom. The van der Waals surface area contributed by atoms with Gasteiger partial charge in [0.15, 0.2) is 0 Å². The van der Waals surface area contributed by atoms with Gasteiger partial charge >= 0.3 is 6.61 Å². The lowest BCUT2D eigenvalue weighted by Crippen LogP contribution is -2.47. The number of rotatable bonds is 6. The number of hydrogen-bond donors (Lipinski definition) is 2. The quantitative estimate of drug-likeness (QED) is 0.845. The van der Waals surface area contributed by atoms with E-state index >= 15 is 0 Å². The van der Waals surface area contributed by atoms with Crippen LogP contribution in [0.5, 0.6) is 5.75 Å². The number of amides is 1. The van der Waals surface area contributed by atoms with Crippen LogP contribution in [-0.4, -0.2) is 31.7 Å². The standard InChI is InChI=1S/C15H20F2N2O2/c16-15(17)21-12-6-4-11(5-7-12)8-10-19-14(20)13-3-1-2-9-18-13/h4-7,13,15,18H,1-3,8-10H2,(H,19,20)/t13-/m1/s1. The van der Waals surface area contributed by atoms with E-state index in [0.29, 0.717) is 13.0 Å². The molecule has 0 radical (unpaired) electrons. The molecule has 1 heterocycles.